The summed E-state index contributed by atoms with van der Waals surface area (Å²) in [6, 6.07) is 34.6. The van der Waals surface area contributed by atoms with Crippen molar-refractivity contribution in [3.05, 3.63) is 134 Å². The van der Waals surface area contributed by atoms with Crippen LogP contribution in [-0.2, 0) is 9.31 Å². The summed E-state index contributed by atoms with van der Waals surface area (Å²) in [5.74, 6) is 0. The van der Waals surface area contributed by atoms with E-state index in [9.17, 15) is 0 Å². The van der Waals surface area contributed by atoms with Crippen molar-refractivity contribution >= 4 is 39.7 Å². The van der Waals surface area contributed by atoms with Crippen molar-refractivity contribution in [2.45, 2.75) is 38.9 Å². The lowest BCUT2D eigenvalue weighted by Gasteiger charge is -2.32. The molecule has 0 amide bonds. The summed E-state index contributed by atoms with van der Waals surface area (Å²) in [6.07, 6.45) is 5.72. The van der Waals surface area contributed by atoms with E-state index in [0.717, 1.165) is 38.5 Å². The van der Waals surface area contributed by atoms with Gasteiger partial charge in [0.05, 0.1) is 11.2 Å². The maximum Gasteiger partial charge on any atom is 0.496 e. The summed E-state index contributed by atoms with van der Waals surface area (Å²) in [5, 5.41) is 4.61. The second kappa shape index (κ2) is 10.3. The first-order valence-corrected chi connectivity index (χ1v) is 14.2. The molecule has 0 radical (unpaired) electrons. The highest BCUT2D eigenvalue weighted by atomic mass is 16.7. The Bertz CT molecular complexity index is 1760. The fourth-order valence-corrected chi connectivity index (χ4v) is 5.83. The number of allylic oxidation sites excluding steroid dienone is 4. The highest BCUT2D eigenvalue weighted by molar-refractivity contribution is 6.69. The van der Waals surface area contributed by atoms with Crippen LogP contribution >= 0.6 is 0 Å². The zero-order valence-corrected chi connectivity index (χ0v) is 24.3. The molecule has 3 heteroatoms. The summed E-state index contributed by atoms with van der Waals surface area (Å²) < 4.78 is 13.3. The molecule has 0 spiro atoms. The maximum absolute atomic E-state index is 6.63. The van der Waals surface area contributed by atoms with Gasteiger partial charge in [-0.2, -0.15) is 0 Å². The molecule has 0 N–H and O–H groups in total. The highest BCUT2D eigenvalue weighted by Crippen LogP contribution is 2.42. The van der Waals surface area contributed by atoms with Gasteiger partial charge in [-0.1, -0.05) is 110 Å². The molecule has 6 rings (SSSR count). The Hall–Kier alpha value is -4.18. The molecule has 1 aliphatic heterocycles. The Labute approximate surface area is 243 Å². The molecule has 1 fully saturated rings. The third kappa shape index (κ3) is 4.66. The minimum atomic E-state index is -0.474. The molecule has 1 heterocycles. The van der Waals surface area contributed by atoms with Gasteiger partial charge in [0.25, 0.3) is 0 Å². The molecule has 0 saturated carbocycles. The summed E-state index contributed by atoms with van der Waals surface area (Å²) in [7, 11) is -0.474. The first kappa shape index (κ1) is 27.0. The number of hydrogen-bond acceptors (Lipinski definition) is 2. The minimum absolute atomic E-state index is 0.434. The summed E-state index contributed by atoms with van der Waals surface area (Å²) in [6.45, 7) is 16.5. The molecule has 41 heavy (non-hydrogen) atoms. The van der Waals surface area contributed by atoms with E-state index < -0.39 is 18.3 Å². The molecule has 0 aliphatic carbocycles. The summed E-state index contributed by atoms with van der Waals surface area (Å²) >= 11 is 0. The normalized spacial score (nSPS) is 16.3. The van der Waals surface area contributed by atoms with Crippen LogP contribution in [0.3, 0.4) is 0 Å². The largest absolute Gasteiger partial charge is 0.496 e. The quantitative estimate of drug-likeness (QED) is 0.123. The third-order valence-corrected chi connectivity index (χ3v) is 8.64. The number of benzene rings is 5. The molecule has 0 atom stereocenters. The molecule has 0 unspecified atom stereocenters. The monoisotopic (exact) mass is 534 g/mol. The summed E-state index contributed by atoms with van der Waals surface area (Å²) in [5.41, 5.74) is 6.99. The average molecular weight is 535 g/mol. The van der Waals surface area contributed by atoms with Gasteiger partial charge in [0.15, 0.2) is 0 Å². The van der Waals surface area contributed by atoms with Crippen molar-refractivity contribution in [1.29, 1.82) is 0 Å². The molecule has 2 nitrogen and oxygen atoms in total. The molecular formula is C38H35BO2. The predicted molar refractivity (Wildman–Crippen MR) is 176 cm³/mol. The molecule has 1 saturated heterocycles. The van der Waals surface area contributed by atoms with Crippen LogP contribution in [0.2, 0.25) is 0 Å². The van der Waals surface area contributed by atoms with Gasteiger partial charge >= 0.3 is 7.12 Å². The van der Waals surface area contributed by atoms with Crippen molar-refractivity contribution in [1.82, 2.24) is 0 Å². The zero-order chi connectivity index (χ0) is 28.8. The molecule has 0 bridgehead atoms. The van der Waals surface area contributed by atoms with Gasteiger partial charge in [0, 0.05) is 0 Å². The fourth-order valence-electron chi connectivity index (χ4n) is 5.83. The predicted octanol–water partition coefficient (Wildman–Crippen LogP) is 9.38. The standard InChI is InChI=1S/C38H35BO2/c1-7-16-26(8-2)28-23-29(27-17-10-9-11-18-27)25-30(24-28)35-31-19-12-14-21-33(31)36(34-22-15-13-20-32(34)35)39-40-37(3,4)38(5,6)41-39/h7-25H,1-2H2,3-6H3/b26-16+. The van der Waals surface area contributed by atoms with Crippen LogP contribution in [0, 0.1) is 0 Å². The second-order valence-corrected chi connectivity index (χ2v) is 11.7. The molecule has 5 aromatic carbocycles. The Morgan fingerprint density at radius 2 is 1.15 bits per heavy atom. The highest BCUT2D eigenvalue weighted by Gasteiger charge is 2.52. The molecular weight excluding hydrogens is 499 g/mol. The zero-order valence-electron chi connectivity index (χ0n) is 24.3. The first-order valence-electron chi connectivity index (χ1n) is 14.2. The van der Waals surface area contributed by atoms with E-state index in [-0.39, 0.29) is 0 Å². The Morgan fingerprint density at radius 3 is 1.68 bits per heavy atom. The smallest absolute Gasteiger partial charge is 0.399 e. The average Bonchev–Trinajstić information content (AvgIpc) is 3.20. The Balaban J connectivity index is 1.69. The number of fused-ring (bicyclic) bond motifs is 2. The van der Waals surface area contributed by atoms with Gasteiger partial charge in [-0.25, -0.2) is 0 Å². The van der Waals surface area contributed by atoms with Crippen LogP contribution < -0.4 is 5.46 Å². The van der Waals surface area contributed by atoms with Crippen molar-refractivity contribution in [2.24, 2.45) is 0 Å². The second-order valence-electron chi connectivity index (χ2n) is 11.7. The van der Waals surface area contributed by atoms with E-state index >= 15 is 0 Å². The van der Waals surface area contributed by atoms with E-state index in [2.05, 4.69) is 138 Å². The van der Waals surface area contributed by atoms with Crippen LogP contribution in [0.25, 0.3) is 49.4 Å². The van der Waals surface area contributed by atoms with E-state index in [0.29, 0.717) is 0 Å². The van der Waals surface area contributed by atoms with Gasteiger partial charge in [0.1, 0.15) is 0 Å². The summed E-state index contributed by atoms with van der Waals surface area (Å²) in [4.78, 5) is 0. The molecule has 202 valence electrons. The Morgan fingerprint density at radius 1 is 0.634 bits per heavy atom. The van der Waals surface area contributed by atoms with Crippen LogP contribution in [0.4, 0.5) is 0 Å². The maximum atomic E-state index is 6.63. The topological polar surface area (TPSA) is 18.5 Å². The van der Waals surface area contributed by atoms with E-state index in [1.54, 1.807) is 0 Å². The number of hydrogen-bond donors (Lipinski definition) is 0. The SMILES string of the molecule is C=C/C=C(\C=C)c1cc(-c2ccccc2)cc(-c2c3ccccc3c(B3OC(C)(C)C(C)(C)O3)c3ccccc23)c1. The lowest BCUT2D eigenvalue weighted by Crippen LogP contribution is -2.41. The van der Waals surface area contributed by atoms with Gasteiger partial charge in [-0.3, -0.25) is 0 Å². The third-order valence-electron chi connectivity index (χ3n) is 8.64. The molecule has 5 aromatic rings. The Kier molecular flexibility index (Phi) is 6.81. The van der Waals surface area contributed by atoms with Gasteiger partial charge < -0.3 is 9.31 Å². The van der Waals surface area contributed by atoms with Crippen molar-refractivity contribution in [2.75, 3.05) is 0 Å². The lowest BCUT2D eigenvalue weighted by atomic mass is 9.71. The van der Waals surface area contributed by atoms with E-state index in [4.69, 9.17) is 9.31 Å². The lowest BCUT2D eigenvalue weighted by molar-refractivity contribution is 0.00578. The van der Waals surface area contributed by atoms with Crippen molar-refractivity contribution in [3.63, 3.8) is 0 Å². The minimum Gasteiger partial charge on any atom is -0.399 e. The van der Waals surface area contributed by atoms with Gasteiger partial charge in [-0.05, 0) is 106 Å². The van der Waals surface area contributed by atoms with Crippen LogP contribution in [0.1, 0.15) is 33.3 Å². The van der Waals surface area contributed by atoms with Crippen LogP contribution in [0.5, 0.6) is 0 Å². The number of rotatable bonds is 6. The van der Waals surface area contributed by atoms with Crippen LogP contribution in [0.15, 0.2) is 128 Å². The van der Waals surface area contributed by atoms with Crippen LogP contribution in [-0.4, -0.2) is 18.3 Å². The molecule has 0 aromatic heterocycles. The van der Waals surface area contributed by atoms with Gasteiger partial charge in [0.2, 0.25) is 0 Å². The molecule has 1 aliphatic rings. The fraction of sp³-hybridized carbons (Fsp3) is 0.158. The van der Waals surface area contributed by atoms with Crippen molar-refractivity contribution in [3.8, 4) is 22.3 Å². The van der Waals surface area contributed by atoms with Gasteiger partial charge in [-0.15, -0.1) is 0 Å². The van der Waals surface area contributed by atoms with E-state index in [1.807, 2.05) is 18.2 Å². The first-order chi connectivity index (χ1) is 19.7. The van der Waals surface area contributed by atoms with E-state index in [1.165, 1.54) is 21.9 Å². The van der Waals surface area contributed by atoms with Crippen molar-refractivity contribution < 1.29 is 9.31 Å².